The predicted octanol–water partition coefficient (Wildman–Crippen LogP) is 3.50. The van der Waals surface area contributed by atoms with Gasteiger partial charge in [0.2, 0.25) is 5.91 Å². The minimum absolute atomic E-state index is 0.0866. The zero-order valence-electron chi connectivity index (χ0n) is 18.5. The second-order valence-electron chi connectivity index (χ2n) is 10.1. The van der Waals surface area contributed by atoms with Crippen molar-refractivity contribution in [2.75, 3.05) is 29.9 Å². The first kappa shape index (κ1) is 21.6. The summed E-state index contributed by atoms with van der Waals surface area (Å²) < 4.78 is 14.5. The van der Waals surface area contributed by atoms with Crippen LogP contribution in [0.25, 0.3) is 0 Å². The lowest BCUT2D eigenvalue weighted by Crippen LogP contribution is -2.54. The van der Waals surface area contributed by atoms with E-state index >= 15 is 0 Å². The van der Waals surface area contributed by atoms with Gasteiger partial charge in [0, 0.05) is 13.1 Å². The number of amides is 4. The molecule has 2 saturated heterocycles. The molecule has 1 aromatic carbocycles. The minimum atomic E-state index is -0.961. The van der Waals surface area contributed by atoms with Gasteiger partial charge in [-0.25, -0.2) is 9.18 Å². The summed E-state index contributed by atoms with van der Waals surface area (Å²) in [4.78, 5) is 41.7. The van der Waals surface area contributed by atoms with Gasteiger partial charge in [0.1, 0.15) is 23.6 Å². The number of halogens is 1. The molecular formula is C23H31FN4O3. The summed E-state index contributed by atoms with van der Waals surface area (Å²) >= 11 is 0. The first-order valence-corrected chi connectivity index (χ1v) is 11.1. The molecule has 2 N–H and O–H groups in total. The van der Waals surface area contributed by atoms with E-state index in [2.05, 4.69) is 31.4 Å². The number of benzene rings is 1. The van der Waals surface area contributed by atoms with Gasteiger partial charge in [-0.3, -0.25) is 14.5 Å². The van der Waals surface area contributed by atoms with Gasteiger partial charge < -0.3 is 15.5 Å². The van der Waals surface area contributed by atoms with E-state index < -0.39 is 29.8 Å². The van der Waals surface area contributed by atoms with Gasteiger partial charge in [-0.15, -0.1) is 0 Å². The van der Waals surface area contributed by atoms with Gasteiger partial charge in [0.05, 0.1) is 5.69 Å². The molecule has 7 nitrogen and oxygen atoms in total. The van der Waals surface area contributed by atoms with Gasteiger partial charge in [-0.05, 0) is 55.6 Å². The number of carbonyl (C=O) groups is 3. The number of anilines is 2. The molecule has 1 aliphatic carbocycles. The lowest BCUT2D eigenvalue weighted by atomic mass is 9.64. The maximum absolute atomic E-state index is 14.5. The molecule has 31 heavy (non-hydrogen) atoms. The lowest BCUT2D eigenvalue weighted by molar-refractivity contribution is -0.136. The fourth-order valence-corrected chi connectivity index (χ4v) is 5.83. The molecule has 0 bridgehead atoms. The van der Waals surface area contributed by atoms with E-state index in [0.29, 0.717) is 18.5 Å². The molecule has 4 amide bonds. The Balaban J connectivity index is 1.50. The number of urea groups is 1. The highest BCUT2D eigenvalue weighted by Crippen LogP contribution is 2.46. The summed E-state index contributed by atoms with van der Waals surface area (Å²) in [6.45, 7) is 7.44. The number of nitrogens with zero attached hydrogens (tertiary/aromatic N) is 2. The fourth-order valence-electron chi connectivity index (χ4n) is 5.83. The SMILES string of the molecule is CC1CC(C)(C)CC2(C1)NC(=O)N(CC(=O)Nc1c(F)cccc1N1CCCC1)C2=O. The van der Waals surface area contributed by atoms with Crippen LogP contribution in [0.15, 0.2) is 18.2 Å². The van der Waals surface area contributed by atoms with Crippen molar-refractivity contribution in [2.24, 2.45) is 11.3 Å². The molecule has 8 heteroatoms. The monoisotopic (exact) mass is 430 g/mol. The van der Waals surface area contributed by atoms with Gasteiger partial charge in [0.15, 0.2) is 0 Å². The van der Waals surface area contributed by atoms with Gasteiger partial charge in [0.25, 0.3) is 5.91 Å². The van der Waals surface area contributed by atoms with Gasteiger partial charge >= 0.3 is 6.03 Å². The van der Waals surface area contributed by atoms with Crippen LogP contribution in [0.4, 0.5) is 20.6 Å². The molecule has 1 saturated carbocycles. The molecule has 0 aromatic heterocycles. The van der Waals surface area contributed by atoms with E-state index in [4.69, 9.17) is 0 Å². The smallest absolute Gasteiger partial charge is 0.325 e. The Bertz CT molecular complexity index is 912. The largest absolute Gasteiger partial charge is 0.370 e. The molecule has 3 fully saturated rings. The van der Waals surface area contributed by atoms with E-state index in [1.165, 1.54) is 6.07 Å². The summed E-state index contributed by atoms with van der Waals surface area (Å²) in [7, 11) is 0. The summed E-state index contributed by atoms with van der Waals surface area (Å²) in [6, 6.07) is 4.13. The normalized spacial score (nSPS) is 27.7. The van der Waals surface area contributed by atoms with E-state index in [1.807, 2.05) is 4.90 Å². The Labute approximate surface area is 182 Å². The zero-order chi connectivity index (χ0) is 22.4. The number of hydrogen-bond acceptors (Lipinski definition) is 4. The van der Waals surface area contributed by atoms with Crippen molar-refractivity contribution in [1.29, 1.82) is 0 Å². The maximum atomic E-state index is 14.5. The van der Waals surface area contributed by atoms with Gasteiger partial charge in [-0.2, -0.15) is 0 Å². The van der Waals surface area contributed by atoms with Crippen LogP contribution >= 0.6 is 0 Å². The number of nitrogens with one attached hydrogen (secondary N) is 2. The van der Waals surface area contributed by atoms with Crippen LogP contribution in [0.5, 0.6) is 0 Å². The van der Waals surface area contributed by atoms with Crippen LogP contribution in [0, 0.1) is 17.2 Å². The average molecular weight is 431 g/mol. The molecule has 2 atom stereocenters. The van der Waals surface area contributed by atoms with Gasteiger partial charge in [-0.1, -0.05) is 26.8 Å². The van der Waals surface area contributed by atoms with E-state index in [9.17, 15) is 18.8 Å². The van der Waals surface area contributed by atoms with Crippen molar-refractivity contribution in [3.63, 3.8) is 0 Å². The molecule has 1 aromatic rings. The van der Waals surface area contributed by atoms with Crippen LogP contribution in [0.2, 0.25) is 0 Å². The van der Waals surface area contributed by atoms with Crippen molar-refractivity contribution < 1.29 is 18.8 Å². The third-order valence-corrected chi connectivity index (χ3v) is 6.63. The fraction of sp³-hybridized carbons (Fsp3) is 0.609. The highest BCUT2D eigenvalue weighted by molar-refractivity contribution is 6.10. The summed E-state index contributed by atoms with van der Waals surface area (Å²) in [5.41, 5.74) is -0.320. The van der Waals surface area contributed by atoms with Crippen molar-refractivity contribution in [1.82, 2.24) is 10.2 Å². The van der Waals surface area contributed by atoms with Crippen LogP contribution in [-0.2, 0) is 9.59 Å². The molecular weight excluding hydrogens is 399 g/mol. The summed E-state index contributed by atoms with van der Waals surface area (Å²) in [6.07, 6.45) is 4.11. The first-order valence-electron chi connectivity index (χ1n) is 11.1. The number of hydrogen-bond donors (Lipinski definition) is 2. The highest BCUT2D eigenvalue weighted by Gasteiger charge is 2.56. The molecule has 1 spiro atoms. The Hall–Kier alpha value is -2.64. The van der Waals surface area contributed by atoms with E-state index in [0.717, 1.165) is 37.3 Å². The van der Waals surface area contributed by atoms with Crippen molar-refractivity contribution >= 4 is 29.2 Å². The Morgan fingerprint density at radius 1 is 1.23 bits per heavy atom. The number of imide groups is 1. The summed E-state index contributed by atoms with van der Waals surface area (Å²) in [5.74, 6) is -1.20. The molecule has 2 aliphatic heterocycles. The zero-order valence-corrected chi connectivity index (χ0v) is 18.5. The van der Waals surface area contributed by atoms with Crippen molar-refractivity contribution in [2.45, 2.75) is 58.4 Å². The number of carbonyl (C=O) groups excluding carboxylic acids is 3. The number of rotatable bonds is 4. The third kappa shape index (κ3) is 4.12. The maximum Gasteiger partial charge on any atom is 0.325 e. The highest BCUT2D eigenvalue weighted by atomic mass is 19.1. The van der Waals surface area contributed by atoms with Crippen molar-refractivity contribution in [3.05, 3.63) is 24.0 Å². The summed E-state index contributed by atoms with van der Waals surface area (Å²) in [5, 5.41) is 5.48. The van der Waals surface area contributed by atoms with E-state index in [1.54, 1.807) is 12.1 Å². The topological polar surface area (TPSA) is 81.8 Å². The Kier molecular flexibility index (Phi) is 5.43. The van der Waals surface area contributed by atoms with Crippen LogP contribution < -0.4 is 15.5 Å². The van der Waals surface area contributed by atoms with Crippen LogP contribution in [-0.4, -0.2) is 47.9 Å². The average Bonchev–Trinajstić information content (AvgIpc) is 3.25. The molecule has 2 unspecified atom stereocenters. The molecule has 0 radical (unpaired) electrons. The quantitative estimate of drug-likeness (QED) is 0.717. The second-order valence-corrected chi connectivity index (χ2v) is 10.1. The third-order valence-electron chi connectivity index (χ3n) is 6.63. The first-order chi connectivity index (χ1) is 14.6. The van der Waals surface area contributed by atoms with Crippen molar-refractivity contribution in [3.8, 4) is 0 Å². The minimum Gasteiger partial charge on any atom is -0.370 e. The standard InChI is InChI=1S/C23H31FN4O3/c1-15-11-22(2,3)14-23(12-15)20(30)28(21(31)26-23)13-18(29)25-19-16(24)7-6-8-17(19)27-9-4-5-10-27/h6-8,15H,4-5,9-14H2,1-3H3,(H,25,29)(H,26,31). The Morgan fingerprint density at radius 2 is 1.94 bits per heavy atom. The lowest BCUT2D eigenvalue weighted by Gasteiger charge is -2.43. The molecule has 168 valence electrons. The molecule has 2 heterocycles. The van der Waals surface area contributed by atoms with Crippen LogP contribution in [0.3, 0.4) is 0 Å². The second kappa shape index (κ2) is 7.80. The predicted molar refractivity (Wildman–Crippen MR) is 116 cm³/mol. The van der Waals surface area contributed by atoms with E-state index in [-0.39, 0.29) is 22.9 Å². The molecule has 3 aliphatic rings. The Morgan fingerprint density at radius 3 is 2.61 bits per heavy atom. The van der Waals surface area contributed by atoms with Crippen LogP contribution in [0.1, 0.15) is 52.9 Å². The molecule has 4 rings (SSSR count). The number of para-hydroxylation sites is 1.